The van der Waals surface area contributed by atoms with Crippen molar-refractivity contribution in [2.24, 2.45) is 5.92 Å². The highest BCUT2D eigenvalue weighted by Crippen LogP contribution is 2.43. The third-order valence-corrected chi connectivity index (χ3v) is 6.71. The van der Waals surface area contributed by atoms with Crippen LogP contribution in [0.1, 0.15) is 15.9 Å². The van der Waals surface area contributed by atoms with Crippen LogP contribution in [-0.4, -0.2) is 73.0 Å². The summed E-state index contributed by atoms with van der Waals surface area (Å²) in [5.74, 6) is 1.15. The lowest BCUT2D eigenvalue weighted by molar-refractivity contribution is 0.0180. The van der Waals surface area contributed by atoms with Crippen molar-refractivity contribution in [2.45, 2.75) is 11.5 Å². The quantitative estimate of drug-likeness (QED) is 0.844. The summed E-state index contributed by atoms with van der Waals surface area (Å²) in [6.45, 7) is 6.39. The zero-order chi connectivity index (χ0) is 19.1. The van der Waals surface area contributed by atoms with E-state index >= 15 is 0 Å². The Labute approximate surface area is 165 Å². The molecule has 4 aliphatic rings. The number of anilines is 1. The Bertz CT molecular complexity index is 854. The van der Waals surface area contributed by atoms with Crippen LogP contribution in [0.3, 0.4) is 0 Å². The van der Waals surface area contributed by atoms with Gasteiger partial charge in [-0.1, -0.05) is 30.3 Å². The summed E-state index contributed by atoms with van der Waals surface area (Å²) in [6, 6.07) is 14.5. The summed E-state index contributed by atoms with van der Waals surface area (Å²) in [5, 5.41) is 6.46. The topological polar surface area (TPSA) is 60.5 Å². The number of aromatic nitrogens is 1. The Morgan fingerprint density at radius 3 is 2.50 bits per heavy atom. The highest BCUT2D eigenvalue weighted by molar-refractivity contribution is 5.95. The molecule has 6 heteroatoms. The summed E-state index contributed by atoms with van der Waals surface area (Å²) in [7, 11) is 1.82. The summed E-state index contributed by atoms with van der Waals surface area (Å²) < 4.78 is 0. The van der Waals surface area contributed by atoms with Crippen LogP contribution in [0, 0.1) is 5.92 Å². The zero-order valence-corrected chi connectivity index (χ0v) is 16.3. The monoisotopic (exact) mass is 377 g/mol. The lowest BCUT2D eigenvalue weighted by atomic mass is 9.64. The minimum atomic E-state index is -0.0621. The molecule has 4 aliphatic heterocycles. The number of carbonyl (C=O) groups is 1. The maximum Gasteiger partial charge on any atom is 0.251 e. The molecule has 4 saturated heterocycles. The third kappa shape index (κ3) is 2.88. The second-order valence-corrected chi connectivity index (χ2v) is 8.38. The van der Waals surface area contributed by atoms with Crippen molar-refractivity contribution in [1.82, 2.24) is 20.1 Å². The fourth-order valence-electron chi connectivity index (χ4n) is 5.50. The lowest BCUT2D eigenvalue weighted by Crippen LogP contribution is -2.70. The van der Waals surface area contributed by atoms with Gasteiger partial charge >= 0.3 is 0 Å². The van der Waals surface area contributed by atoms with Crippen LogP contribution >= 0.6 is 0 Å². The van der Waals surface area contributed by atoms with Gasteiger partial charge in [0.2, 0.25) is 0 Å². The zero-order valence-electron chi connectivity index (χ0n) is 16.3. The number of amides is 1. The summed E-state index contributed by atoms with van der Waals surface area (Å²) in [6.07, 6.45) is 1.69. The van der Waals surface area contributed by atoms with E-state index in [1.165, 1.54) is 5.56 Å². The second-order valence-electron chi connectivity index (χ2n) is 8.38. The van der Waals surface area contributed by atoms with Crippen LogP contribution in [0.2, 0.25) is 0 Å². The maximum absolute atomic E-state index is 13.2. The SMILES string of the molecule is CNc1cc(C(=O)NC2C3CN4CCN(C3)CC2(c2ccccc2)C4)ccn1. The highest BCUT2D eigenvalue weighted by atomic mass is 16.1. The number of fused-ring (bicyclic) bond motifs is 1. The van der Waals surface area contributed by atoms with Crippen molar-refractivity contribution in [1.29, 1.82) is 0 Å². The van der Waals surface area contributed by atoms with E-state index in [4.69, 9.17) is 0 Å². The van der Waals surface area contributed by atoms with Crippen LogP contribution in [0.15, 0.2) is 48.7 Å². The first-order chi connectivity index (χ1) is 13.7. The number of carbonyl (C=O) groups excluding carboxylic acids is 1. The van der Waals surface area contributed by atoms with Crippen molar-refractivity contribution in [2.75, 3.05) is 51.6 Å². The molecule has 0 spiro atoms. The standard InChI is InChI=1S/C22H27N5O/c1-23-19-11-16(7-8-24-19)21(28)25-20-17-12-26-9-10-27(13-17)15-22(20,14-26)18-5-3-2-4-6-18/h2-8,11,17,20H,9-10,12-15H2,1H3,(H,23,24)(H,25,28). The smallest absolute Gasteiger partial charge is 0.251 e. The first-order valence-electron chi connectivity index (χ1n) is 10.1. The lowest BCUT2D eigenvalue weighted by Gasteiger charge is -2.55. The van der Waals surface area contributed by atoms with Crippen molar-refractivity contribution in [3.8, 4) is 0 Å². The molecular formula is C22H27N5O. The average molecular weight is 377 g/mol. The molecule has 0 radical (unpaired) electrons. The molecule has 3 atom stereocenters. The maximum atomic E-state index is 13.2. The van der Waals surface area contributed by atoms with Gasteiger partial charge in [-0.25, -0.2) is 4.98 Å². The van der Waals surface area contributed by atoms with Crippen molar-refractivity contribution in [3.05, 3.63) is 59.8 Å². The third-order valence-electron chi connectivity index (χ3n) is 6.71. The minimum Gasteiger partial charge on any atom is -0.373 e. The highest BCUT2D eigenvalue weighted by Gasteiger charge is 2.55. The molecule has 3 unspecified atom stereocenters. The van der Waals surface area contributed by atoms with E-state index in [2.05, 4.69) is 55.7 Å². The van der Waals surface area contributed by atoms with Crippen molar-refractivity contribution < 1.29 is 4.79 Å². The van der Waals surface area contributed by atoms with Gasteiger partial charge < -0.3 is 20.4 Å². The number of nitrogens with one attached hydrogen (secondary N) is 2. The van der Waals surface area contributed by atoms with Gasteiger partial charge in [-0.15, -0.1) is 0 Å². The molecule has 6 rings (SSSR count). The molecule has 2 N–H and O–H groups in total. The van der Waals surface area contributed by atoms with Crippen LogP contribution in [0.5, 0.6) is 0 Å². The van der Waals surface area contributed by atoms with E-state index in [-0.39, 0.29) is 17.4 Å². The minimum absolute atomic E-state index is 0.00430. The predicted molar refractivity (Wildman–Crippen MR) is 110 cm³/mol. The van der Waals surface area contributed by atoms with Crippen LogP contribution in [0.25, 0.3) is 0 Å². The summed E-state index contributed by atoms with van der Waals surface area (Å²) in [4.78, 5) is 22.6. The van der Waals surface area contributed by atoms with Gasteiger partial charge in [0.05, 0.1) is 0 Å². The van der Waals surface area contributed by atoms with Gasteiger partial charge in [0.1, 0.15) is 5.82 Å². The molecule has 6 nitrogen and oxygen atoms in total. The second kappa shape index (κ2) is 6.87. The van der Waals surface area contributed by atoms with E-state index in [1.807, 2.05) is 13.1 Å². The number of pyridine rings is 1. The van der Waals surface area contributed by atoms with Crippen molar-refractivity contribution >= 4 is 11.7 Å². The van der Waals surface area contributed by atoms with E-state index in [9.17, 15) is 4.79 Å². The number of piperidine rings is 2. The number of hydrogen-bond acceptors (Lipinski definition) is 5. The summed E-state index contributed by atoms with van der Waals surface area (Å²) in [5.41, 5.74) is 1.94. The Kier molecular flexibility index (Phi) is 4.33. The predicted octanol–water partition coefficient (Wildman–Crippen LogP) is 1.42. The fraction of sp³-hybridized carbons (Fsp3) is 0.455. The molecular weight excluding hydrogens is 350 g/mol. The molecule has 1 aromatic heterocycles. The molecule has 5 heterocycles. The molecule has 1 amide bonds. The molecule has 146 valence electrons. The van der Waals surface area contributed by atoms with E-state index in [0.717, 1.165) is 39.3 Å². The molecule has 0 aliphatic carbocycles. The van der Waals surface area contributed by atoms with E-state index in [1.54, 1.807) is 12.3 Å². The normalized spacial score (nSPS) is 33.3. The van der Waals surface area contributed by atoms with Crippen molar-refractivity contribution in [3.63, 3.8) is 0 Å². The van der Waals surface area contributed by atoms with Gasteiger partial charge in [-0.3, -0.25) is 4.79 Å². The molecule has 0 saturated carbocycles. The first kappa shape index (κ1) is 17.6. The van der Waals surface area contributed by atoms with Gasteiger partial charge in [-0.05, 0) is 17.7 Å². The van der Waals surface area contributed by atoms with E-state index < -0.39 is 0 Å². The molecule has 4 fully saturated rings. The molecule has 1 aromatic carbocycles. The molecule has 28 heavy (non-hydrogen) atoms. The Hall–Kier alpha value is -2.44. The van der Waals surface area contributed by atoms with Crippen LogP contribution in [0.4, 0.5) is 5.82 Å². The summed E-state index contributed by atoms with van der Waals surface area (Å²) >= 11 is 0. The number of nitrogens with zero attached hydrogens (tertiary/aromatic N) is 3. The number of benzene rings is 1. The average Bonchev–Trinajstić information content (AvgIpc) is 2.99. The van der Waals surface area contributed by atoms with Gasteiger partial charge in [0.25, 0.3) is 5.91 Å². The Balaban J connectivity index is 1.51. The number of rotatable bonds is 4. The van der Waals surface area contributed by atoms with Crippen LogP contribution < -0.4 is 10.6 Å². The number of hydrogen-bond donors (Lipinski definition) is 2. The Morgan fingerprint density at radius 2 is 1.82 bits per heavy atom. The first-order valence-corrected chi connectivity index (χ1v) is 10.1. The van der Waals surface area contributed by atoms with E-state index in [0.29, 0.717) is 17.3 Å². The largest absolute Gasteiger partial charge is 0.373 e. The van der Waals surface area contributed by atoms with Gasteiger partial charge in [-0.2, -0.15) is 0 Å². The van der Waals surface area contributed by atoms with Gasteiger partial charge in [0, 0.05) is 75.5 Å². The Morgan fingerprint density at radius 1 is 1.11 bits per heavy atom. The van der Waals surface area contributed by atoms with Crippen LogP contribution in [-0.2, 0) is 5.41 Å². The fourth-order valence-corrected chi connectivity index (χ4v) is 5.50. The molecule has 2 aromatic rings. The van der Waals surface area contributed by atoms with Gasteiger partial charge in [0.15, 0.2) is 0 Å². The molecule has 4 bridgehead atoms.